The lowest BCUT2D eigenvalue weighted by molar-refractivity contribution is 0.844. The summed E-state index contributed by atoms with van der Waals surface area (Å²) in [6.45, 7) is 0.694. The Morgan fingerprint density at radius 2 is 2.00 bits per heavy atom. The normalized spacial score (nSPS) is 20.5. The van der Waals surface area contributed by atoms with Gasteiger partial charge in [-0.05, 0) is 18.8 Å². The van der Waals surface area contributed by atoms with Crippen LogP contribution in [0, 0.1) is 5.92 Å². The van der Waals surface area contributed by atoms with E-state index in [2.05, 4.69) is 4.99 Å². The molecule has 0 unspecified atom stereocenters. The minimum Gasteiger partial charge on any atom is -0.384 e. The topological polar surface area (TPSA) is 38.4 Å². The molecule has 1 aliphatic rings. The molecule has 1 rings (SSSR count). The number of nitrogens with two attached hydrogens (primary N) is 1. The van der Waals surface area contributed by atoms with Crippen molar-refractivity contribution in [2.45, 2.75) is 16.6 Å². The van der Waals surface area contributed by atoms with E-state index in [1.807, 2.05) is 0 Å². The Morgan fingerprint density at radius 1 is 1.45 bits per heavy atom. The first kappa shape index (κ1) is 9.43. The highest BCUT2D eigenvalue weighted by atomic mass is 35.6. The molecular weight excluding hydrogens is 206 g/mol. The van der Waals surface area contributed by atoms with Crippen LogP contribution in [-0.4, -0.2) is 16.2 Å². The summed E-state index contributed by atoms with van der Waals surface area (Å²) in [5.74, 6) is 0.760. The molecule has 11 heavy (non-hydrogen) atoms. The molecule has 0 aromatic rings. The predicted molar refractivity (Wildman–Crippen MR) is 49.5 cm³/mol. The van der Waals surface area contributed by atoms with Crippen molar-refractivity contribution in [3.63, 3.8) is 0 Å². The van der Waals surface area contributed by atoms with E-state index >= 15 is 0 Å². The second-order valence-corrected chi connectivity index (χ2v) is 4.95. The van der Waals surface area contributed by atoms with Crippen LogP contribution in [0.4, 0.5) is 0 Å². The molecule has 0 aromatic heterocycles. The Bertz CT molecular complexity index is 169. The molecule has 5 heteroatoms. The third-order valence-corrected chi connectivity index (χ3v) is 2.09. The molecule has 0 heterocycles. The smallest absolute Gasteiger partial charge is 0.247 e. The summed E-state index contributed by atoms with van der Waals surface area (Å²) in [6, 6.07) is 0. The maximum atomic E-state index is 5.46. The van der Waals surface area contributed by atoms with Crippen molar-refractivity contribution in [1.82, 2.24) is 0 Å². The molecule has 64 valence electrons. The molecule has 1 saturated carbocycles. The largest absolute Gasteiger partial charge is 0.384 e. The second kappa shape index (κ2) is 3.38. The fourth-order valence-electron chi connectivity index (χ4n) is 0.618. The van der Waals surface area contributed by atoms with Crippen LogP contribution < -0.4 is 5.73 Å². The van der Waals surface area contributed by atoms with E-state index < -0.39 is 3.79 Å². The van der Waals surface area contributed by atoms with Gasteiger partial charge in [-0.1, -0.05) is 34.8 Å². The predicted octanol–water partition coefficient (Wildman–Crippen LogP) is 2.12. The zero-order chi connectivity index (χ0) is 8.48. The maximum Gasteiger partial charge on any atom is 0.247 e. The summed E-state index contributed by atoms with van der Waals surface area (Å²) < 4.78 is -1.53. The number of hydrogen-bond acceptors (Lipinski definition) is 1. The van der Waals surface area contributed by atoms with E-state index in [4.69, 9.17) is 40.5 Å². The van der Waals surface area contributed by atoms with Crippen molar-refractivity contribution in [3.8, 4) is 0 Å². The highest BCUT2D eigenvalue weighted by Gasteiger charge is 2.27. The molecule has 0 aliphatic heterocycles. The Morgan fingerprint density at radius 3 is 2.36 bits per heavy atom. The minimum atomic E-state index is -1.53. The second-order valence-electron chi connectivity index (χ2n) is 2.67. The molecule has 0 radical (unpaired) electrons. The summed E-state index contributed by atoms with van der Waals surface area (Å²) in [5, 5.41) is 0. The van der Waals surface area contributed by atoms with Gasteiger partial charge in [-0.3, -0.25) is 4.99 Å². The van der Waals surface area contributed by atoms with E-state index in [1.54, 1.807) is 0 Å². The van der Waals surface area contributed by atoms with Crippen LogP contribution >= 0.6 is 34.8 Å². The standard InChI is InChI=1S/C6H9Cl3N2/c7-6(8,9)5(10)11-3-4-1-2-4/h4H,1-3H2,(H2,10,11). The van der Waals surface area contributed by atoms with E-state index in [0.29, 0.717) is 12.5 Å². The van der Waals surface area contributed by atoms with E-state index in [9.17, 15) is 0 Å². The van der Waals surface area contributed by atoms with Gasteiger partial charge in [0, 0.05) is 6.54 Å². The van der Waals surface area contributed by atoms with E-state index in [-0.39, 0.29) is 5.84 Å². The number of amidine groups is 1. The summed E-state index contributed by atoms with van der Waals surface area (Å²) in [4.78, 5) is 3.96. The Hall–Kier alpha value is 0.340. The van der Waals surface area contributed by atoms with Gasteiger partial charge in [0.1, 0.15) is 5.84 Å². The van der Waals surface area contributed by atoms with Crippen LogP contribution in [0.5, 0.6) is 0 Å². The number of aliphatic imine (C=N–C) groups is 1. The lowest BCUT2D eigenvalue weighted by atomic mass is 10.4. The number of rotatable bonds is 2. The van der Waals surface area contributed by atoms with Gasteiger partial charge >= 0.3 is 0 Å². The van der Waals surface area contributed by atoms with Crippen LogP contribution in [-0.2, 0) is 0 Å². The first-order valence-corrected chi connectivity index (χ1v) is 4.50. The van der Waals surface area contributed by atoms with Crippen molar-refractivity contribution < 1.29 is 0 Å². The molecule has 0 aromatic carbocycles. The van der Waals surface area contributed by atoms with Crippen molar-refractivity contribution in [1.29, 1.82) is 0 Å². The number of hydrogen-bond donors (Lipinski definition) is 1. The van der Waals surface area contributed by atoms with Crippen molar-refractivity contribution in [2.24, 2.45) is 16.6 Å². The van der Waals surface area contributed by atoms with Crippen LogP contribution in [0.15, 0.2) is 4.99 Å². The van der Waals surface area contributed by atoms with Gasteiger partial charge in [0.25, 0.3) is 0 Å². The summed E-state index contributed by atoms with van der Waals surface area (Å²) in [5.41, 5.74) is 5.38. The molecule has 0 atom stereocenters. The quantitative estimate of drug-likeness (QED) is 0.428. The van der Waals surface area contributed by atoms with Gasteiger partial charge in [-0.25, -0.2) is 0 Å². The molecule has 1 fully saturated rings. The van der Waals surface area contributed by atoms with Crippen LogP contribution in [0.2, 0.25) is 0 Å². The zero-order valence-corrected chi connectivity index (χ0v) is 8.12. The zero-order valence-electron chi connectivity index (χ0n) is 5.86. The molecule has 0 amide bonds. The summed E-state index contributed by atoms with van der Waals surface area (Å²) in [7, 11) is 0. The lowest BCUT2D eigenvalue weighted by Gasteiger charge is -2.08. The van der Waals surface area contributed by atoms with Gasteiger partial charge in [-0.2, -0.15) is 0 Å². The number of alkyl halides is 3. The van der Waals surface area contributed by atoms with Crippen molar-refractivity contribution in [3.05, 3.63) is 0 Å². The minimum absolute atomic E-state index is 0.0920. The Kier molecular flexibility index (Phi) is 2.90. The third-order valence-electron chi connectivity index (χ3n) is 1.51. The highest BCUT2D eigenvalue weighted by molar-refractivity contribution is 6.76. The van der Waals surface area contributed by atoms with Gasteiger partial charge < -0.3 is 5.73 Å². The molecule has 0 spiro atoms. The fraction of sp³-hybridized carbons (Fsp3) is 0.833. The van der Waals surface area contributed by atoms with E-state index in [1.165, 1.54) is 12.8 Å². The third kappa shape index (κ3) is 3.50. The Balaban J connectivity index is 2.37. The molecule has 2 N–H and O–H groups in total. The monoisotopic (exact) mass is 214 g/mol. The molecule has 2 nitrogen and oxygen atoms in total. The van der Waals surface area contributed by atoms with Crippen LogP contribution in [0.25, 0.3) is 0 Å². The van der Waals surface area contributed by atoms with Crippen molar-refractivity contribution >= 4 is 40.6 Å². The molecule has 0 saturated heterocycles. The van der Waals surface area contributed by atoms with E-state index in [0.717, 1.165) is 0 Å². The first-order chi connectivity index (χ1) is 5.00. The molecule has 0 bridgehead atoms. The molecular formula is C6H9Cl3N2. The number of nitrogens with zero attached hydrogens (tertiary/aromatic N) is 1. The van der Waals surface area contributed by atoms with Crippen LogP contribution in [0.3, 0.4) is 0 Å². The van der Waals surface area contributed by atoms with Gasteiger partial charge in [0.05, 0.1) is 0 Å². The van der Waals surface area contributed by atoms with Crippen molar-refractivity contribution in [2.75, 3.05) is 6.54 Å². The number of halogens is 3. The highest BCUT2D eigenvalue weighted by Crippen LogP contribution is 2.30. The first-order valence-electron chi connectivity index (χ1n) is 3.37. The molecule has 1 aliphatic carbocycles. The average molecular weight is 216 g/mol. The SMILES string of the molecule is NC(=NCC1CC1)C(Cl)(Cl)Cl. The van der Waals surface area contributed by atoms with Crippen LogP contribution in [0.1, 0.15) is 12.8 Å². The summed E-state index contributed by atoms with van der Waals surface area (Å²) in [6.07, 6.45) is 2.44. The van der Waals surface area contributed by atoms with Gasteiger partial charge in [-0.15, -0.1) is 0 Å². The lowest BCUT2D eigenvalue weighted by Crippen LogP contribution is -2.28. The average Bonchev–Trinajstić information content (AvgIpc) is 2.62. The maximum absolute atomic E-state index is 5.46. The summed E-state index contributed by atoms with van der Waals surface area (Å²) >= 11 is 16.4. The van der Waals surface area contributed by atoms with Gasteiger partial charge in [0.2, 0.25) is 3.79 Å². The fourth-order valence-corrected chi connectivity index (χ4v) is 0.797. The Labute approximate surface area is 80.7 Å². The van der Waals surface area contributed by atoms with Gasteiger partial charge in [0.15, 0.2) is 0 Å².